The summed E-state index contributed by atoms with van der Waals surface area (Å²) in [6, 6.07) is 16.5. The Balaban J connectivity index is 1.68. The number of amides is 1. The predicted molar refractivity (Wildman–Crippen MR) is 118 cm³/mol. The van der Waals surface area contributed by atoms with Crippen molar-refractivity contribution in [2.24, 2.45) is 5.92 Å². The lowest BCUT2D eigenvalue weighted by Crippen LogP contribution is -2.39. The van der Waals surface area contributed by atoms with Gasteiger partial charge in [-0.05, 0) is 36.2 Å². The maximum atomic E-state index is 13.4. The van der Waals surface area contributed by atoms with Crippen LogP contribution in [0, 0.1) is 5.92 Å². The van der Waals surface area contributed by atoms with Crippen molar-refractivity contribution in [3.63, 3.8) is 0 Å². The van der Waals surface area contributed by atoms with Crippen LogP contribution in [0.2, 0.25) is 0 Å². The van der Waals surface area contributed by atoms with Gasteiger partial charge in [-0.25, -0.2) is 4.68 Å². The summed E-state index contributed by atoms with van der Waals surface area (Å²) >= 11 is 0. The molecule has 0 aliphatic carbocycles. The minimum absolute atomic E-state index is 0.0685. The number of nitrogens with one attached hydrogen (secondary N) is 2. The molecule has 1 aliphatic heterocycles. The van der Waals surface area contributed by atoms with Gasteiger partial charge in [-0.3, -0.25) is 4.79 Å². The maximum Gasteiger partial charge on any atom is 0.235 e. The Bertz CT molecular complexity index is 1060. The number of rotatable bonds is 7. The first-order valence-electron chi connectivity index (χ1n) is 10.1. The number of benzene rings is 2. The number of anilines is 2. The van der Waals surface area contributed by atoms with E-state index in [9.17, 15) is 4.79 Å². The molecule has 0 saturated carbocycles. The average molecular weight is 419 g/mol. The number of carbonyl (C=O) groups is 1. The zero-order valence-corrected chi connectivity index (χ0v) is 17.3. The number of nitrogens with zero attached hydrogens (tertiary/aromatic N) is 3. The molecule has 31 heavy (non-hydrogen) atoms. The zero-order valence-electron chi connectivity index (χ0n) is 17.3. The summed E-state index contributed by atoms with van der Waals surface area (Å²) in [6.45, 7) is 4.19. The second kappa shape index (κ2) is 9.01. The molecule has 0 bridgehead atoms. The zero-order chi connectivity index (χ0) is 21.8. The second-order valence-electron chi connectivity index (χ2n) is 7.32. The number of aromatic nitrogens is 3. The molecule has 0 unspecified atom stereocenters. The molecule has 2 aromatic carbocycles. The van der Waals surface area contributed by atoms with Crippen LogP contribution in [0.1, 0.15) is 23.9 Å². The molecule has 1 amide bonds. The third-order valence-electron chi connectivity index (χ3n) is 5.24. The molecule has 1 aromatic heterocycles. The van der Waals surface area contributed by atoms with Crippen LogP contribution in [0.5, 0.6) is 5.75 Å². The third-order valence-corrected chi connectivity index (χ3v) is 5.24. The van der Waals surface area contributed by atoms with Gasteiger partial charge in [-0.2, -0.15) is 10.1 Å². The van der Waals surface area contributed by atoms with Gasteiger partial charge in [-0.1, -0.05) is 36.9 Å². The van der Waals surface area contributed by atoms with Crippen LogP contribution in [0.25, 0.3) is 0 Å². The van der Waals surface area contributed by atoms with Crippen LogP contribution >= 0.6 is 0 Å². The summed E-state index contributed by atoms with van der Waals surface area (Å²) in [6.07, 6.45) is 1.12. The highest BCUT2D eigenvalue weighted by molar-refractivity contribution is 5.95. The van der Waals surface area contributed by atoms with Crippen molar-refractivity contribution >= 4 is 17.5 Å². The Kier molecular flexibility index (Phi) is 5.99. The number of methoxy groups -OCH3 is 1. The minimum Gasteiger partial charge on any atom is -0.497 e. The molecule has 1 aliphatic rings. The Morgan fingerprint density at radius 3 is 2.65 bits per heavy atom. The van der Waals surface area contributed by atoms with Gasteiger partial charge in [-0.15, -0.1) is 0 Å². The van der Waals surface area contributed by atoms with Gasteiger partial charge < -0.3 is 20.5 Å². The van der Waals surface area contributed by atoms with Crippen LogP contribution in [-0.2, 0) is 11.2 Å². The van der Waals surface area contributed by atoms with Crippen molar-refractivity contribution in [2.75, 3.05) is 24.4 Å². The number of ether oxygens (including phenoxy) is 1. The smallest absolute Gasteiger partial charge is 0.235 e. The normalized spacial score (nSPS) is 17.5. The van der Waals surface area contributed by atoms with E-state index in [2.05, 4.69) is 27.3 Å². The van der Waals surface area contributed by atoms with Crippen LogP contribution < -0.4 is 15.4 Å². The first kappa shape index (κ1) is 20.6. The fourth-order valence-electron chi connectivity index (χ4n) is 3.72. The fourth-order valence-corrected chi connectivity index (χ4v) is 3.72. The first-order chi connectivity index (χ1) is 15.1. The molecule has 0 spiro atoms. The molecule has 0 saturated heterocycles. The molecule has 160 valence electrons. The standard InChI is InChI=1S/C23H25N5O3/c1-15-20(22(30)25-17-10-12-18(31-2)13-11-17)21(16-7-4-3-5-8-16)28-23(24-15)26-19(27-28)9-6-14-29/h3-5,7-8,10-13,20-21,29H,1,6,9,14H2,2H3,(H,25,30)(H,24,26,27)/t20-,21+/m0/s1. The molecular formula is C23H25N5O3. The van der Waals surface area contributed by atoms with Crippen LogP contribution in [-0.4, -0.2) is 39.5 Å². The van der Waals surface area contributed by atoms with Crippen molar-refractivity contribution < 1.29 is 14.6 Å². The minimum atomic E-state index is -0.607. The average Bonchev–Trinajstić information content (AvgIpc) is 3.20. The molecule has 0 fully saturated rings. The highest BCUT2D eigenvalue weighted by atomic mass is 16.5. The predicted octanol–water partition coefficient (Wildman–Crippen LogP) is 3.00. The van der Waals surface area contributed by atoms with E-state index >= 15 is 0 Å². The van der Waals surface area contributed by atoms with E-state index in [0.29, 0.717) is 41.7 Å². The maximum absolute atomic E-state index is 13.4. The highest BCUT2D eigenvalue weighted by Crippen LogP contribution is 2.38. The second-order valence-corrected chi connectivity index (χ2v) is 7.32. The molecule has 4 rings (SSSR count). The fraction of sp³-hybridized carbons (Fsp3) is 0.261. The molecule has 0 radical (unpaired) electrons. The summed E-state index contributed by atoms with van der Waals surface area (Å²) < 4.78 is 6.93. The Labute approximate surface area is 180 Å². The molecule has 3 aromatic rings. The summed E-state index contributed by atoms with van der Waals surface area (Å²) in [5.74, 6) is 1.06. The van der Waals surface area contributed by atoms with Gasteiger partial charge in [0, 0.05) is 24.4 Å². The van der Waals surface area contributed by atoms with Crippen molar-refractivity contribution in [1.82, 2.24) is 14.8 Å². The molecule has 8 nitrogen and oxygen atoms in total. The Morgan fingerprint density at radius 2 is 1.97 bits per heavy atom. The number of hydrogen-bond acceptors (Lipinski definition) is 6. The van der Waals surface area contributed by atoms with Gasteiger partial charge in [0.15, 0.2) is 5.82 Å². The van der Waals surface area contributed by atoms with E-state index in [-0.39, 0.29) is 12.5 Å². The van der Waals surface area contributed by atoms with E-state index in [1.807, 2.05) is 30.3 Å². The van der Waals surface area contributed by atoms with E-state index in [1.54, 1.807) is 36.1 Å². The van der Waals surface area contributed by atoms with Crippen molar-refractivity contribution in [1.29, 1.82) is 0 Å². The lowest BCUT2D eigenvalue weighted by molar-refractivity contribution is -0.119. The summed E-state index contributed by atoms with van der Waals surface area (Å²) in [4.78, 5) is 17.9. The number of aryl methyl sites for hydroxylation is 1. The molecule has 2 heterocycles. The van der Waals surface area contributed by atoms with Crippen LogP contribution in [0.15, 0.2) is 66.9 Å². The topological polar surface area (TPSA) is 101 Å². The monoisotopic (exact) mass is 419 g/mol. The number of fused-ring (bicyclic) bond motifs is 1. The quantitative estimate of drug-likeness (QED) is 0.544. The Hall–Kier alpha value is -3.65. The van der Waals surface area contributed by atoms with Gasteiger partial charge in [0.2, 0.25) is 11.9 Å². The lowest BCUT2D eigenvalue weighted by atomic mass is 9.88. The van der Waals surface area contributed by atoms with E-state index in [0.717, 1.165) is 5.56 Å². The molecule has 8 heteroatoms. The van der Waals surface area contributed by atoms with Gasteiger partial charge in [0.1, 0.15) is 11.7 Å². The van der Waals surface area contributed by atoms with Crippen LogP contribution in [0.3, 0.4) is 0 Å². The van der Waals surface area contributed by atoms with E-state index in [1.165, 1.54) is 0 Å². The van der Waals surface area contributed by atoms with Gasteiger partial charge in [0.05, 0.1) is 13.2 Å². The lowest BCUT2D eigenvalue weighted by Gasteiger charge is -2.33. The van der Waals surface area contributed by atoms with Crippen molar-refractivity contribution in [3.05, 3.63) is 78.3 Å². The van der Waals surface area contributed by atoms with Crippen molar-refractivity contribution in [3.8, 4) is 5.75 Å². The molecule has 3 N–H and O–H groups in total. The van der Waals surface area contributed by atoms with Gasteiger partial charge >= 0.3 is 0 Å². The molecular weight excluding hydrogens is 394 g/mol. The number of hydrogen-bond donors (Lipinski definition) is 3. The van der Waals surface area contributed by atoms with E-state index < -0.39 is 12.0 Å². The first-order valence-corrected chi connectivity index (χ1v) is 10.1. The molecule has 2 atom stereocenters. The SMILES string of the molecule is C=C1Nc2nc(CCCO)nn2[C@H](c2ccccc2)[C@H]1C(=O)Nc1ccc(OC)cc1. The number of aliphatic hydroxyl groups is 1. The highest BCUT2D eigenvalue weighted by Gasteiger charge is 2.40. The summed E-state index contributed by atoms with van der Waals surface area (Å²) in [5, 5.41) is 19.9. The summed E-state index contributed by atoms with van der Waals surface area (Å²) in [5.41, 5.74) is 2.15. The van der Waals surface area contributed by atoms with Crippen LogP contribution in [0.4, 0.5) is 11.6 Å². The largest absolute Gasteiger partial charge is 0.497 e. The number of aliphatic hydroxyl groups excluding tert-OH is 1. The van der Waals surface area contributed by atoms with E-state index in [4.69, 9.17) is 9.84 Å². The number of carbonyl (C=O) groups excluding carboxylic acids is 1. The summed E-state index contributed by atoms with van der Waals surface area (Å²) in [7, 11) is 1.60. The third kappa shape index (κ3) is 4.29. The Morgan fingerprint density at radius 1 is 1.23 bits per heavy atom. The van der Waals surface area contributed by atoms with Crippen molar-refractivity contribution in [2.45, 2.75) is 18.9 Å². The van der Waals surface area contributed by atoms with Gasteiger partial charge in [0.25, 0.3) is 0 Å².